The van der Waals surface area contributed by atoms with Crippen molar-refractivity contribution < 1.29 is 0 Å². The van der Waals surface area contributed by atoms with Crippen LogP contribution in [-0.4, -0.2) is 24.6 Å². The van der Waals surface area contributed by atoms with Gasteiger partial charge in [0.05, 0.1) is 5.56 Å². The van der Waals surface area contributed by atoms with Crippen LogP contribution in [0.15, 0.2) is 12.3 Å². The molecule has 1 aromatic rings. The fraction of sp³-hybridized carbons (Fsp3) is 0.538. The summed E-state index contributed by atoms with van der Waals surface area (Å²) in [6.07, 6.45) is 4.08. The molecule has 1 aliphatic rings. The lowest BCUT2D eigenvalue weighted by Gasteiger charge is -2.33. The quantitative estimate of drug-likeness (QED) is 0.834. The molecule has 0 saturated carbocycles. The van der Waals surface area contributed by atoms with Gasteiger partial charge >= 0.3 is 0 Å². The maximum atomic E-state index is 9.21. The molecule has 17 heavy (non-hydrogen) atoms. The molecule has 2 N–H and O–H groups in total. The maximum Gasteiger partial charge on any atom is 0.146 e. The van der Waals surface area contributed by atoms with E-state index in [0.717, 1.165) is 30.9 Å². The molecule has 2 heterocycles. The number of rotatable bonds is 2. The Morgan fingerprint density at radius 3 is 3.18 bits per heavy atom. The smallest absolute Gasteiger partial charge is 0.146 e. The number of nitrogens with two attached hydrogens (primary N) is 1. The first-order valence-corrected chi connectivity index (χ1v) is 6.07. The topological polar surface area (TPSA) is 65.9 Å². The molecule has 1 fully saturated rings. The standard InChI is InChI=1S/C13H18N4/c1-10-4-5-16-13(12(10)8-15)17-6-2-3-11(7-14)9-17/h4-5,11H,2-3,6-7,9,14H2,1H3. The van der Waals surface area contributed by atoms with Gasteiger partial charge in [-0.2, -0.15) is 5.26 Å². The summed E-state index contributed by atoms with van der Waals surface area (Å²) in [7, 11) is 0. The van der Waals surface area contributed by atoms with Crippen LogP contribution in [0.25, 0.3) is 0 Å². The van der Waals surface area contributed by atoms with Crippen LogP contribution in [-0.2, 0) is 0 Å². The zero-order valence-corrected chi connectivity index (χ0v) is 10.2. The molecule has 0 bridgehead atoms. The third kappa shape index (κ3) is 2.40. The molecule has 0 aliphatic carbocycles. The van der Waals surface area contributed by atoms with E-state index in [1.165, 1.54) is 6.42 Å². The Labute approximate surface area is 102 Å². The van der Waals surface area contributed by atoms with Crippen molar-refractivity contribution in [3.05, 3.63) is 23.4 Å². The Morgan fingerprint density at radius 2 is 2.47 bits per heavy atom. The first-order chi connectivity index (χ1) is 8.26. The number of hydrogen-bond acceptors (Lipinski definition) is 4. The van der Waals surface area contributed by atoms with Gasteiger partial charge in [0.2, 0.25) is 0 Å². The number of nitrogens with zero attached hydrogens (tertiary/aromatic N) is 3. The van der Waals surface area contributed by atoms with Gasteiger partial charge in [-0.05, 0) is 43.9 Å². The van der Waals surface area contributed by atoms with Gasteiger partial charge in [-0.25, -0.2) is 4.98 Å². The van der Waals surface area contributed by atoms with Crippen LogP contribution in [0.2, 0.25) is 0 Å². The lowest BCUT2D eigenvalue weighted by Crippen LogP contribution is -2.39. The zero-order valence-electron chi connectivity index (χ0n) is 10.2. The fourth-order valence-electron chi connectivity index (χ4n) is 2.37. The number of anilines is 1. The van der Waals surface area contributed by atoms with E-state index in [0.29, 0.717) is 18.0 Å². The van der Waals surface area contributed by atoms with Crippen LogP contribution >= 0.6 is 0 Å². The van der Waals surface area contributed by atoms with Crippen LogP contribution in [0.5, 0.6) is 0 Å². The average molecular weight is 230 g/mol. The summed E-state index contributed by atoms with van der Waals surface area (Å²) in [6, 6.07) is 4.14. The highest BCUT2D eigenvalue weighted by atomic mass is 15.2. The van der Waals surface area contributed by atoms with E-state index in [4.69, 9.17) is 5.73 Å². The molecule has 2 rings (SSSR count). The molecular weight excluding hydrogens is 212 g/mol. The minimum atomic E-state index is 0.526. The van der Waals surface area contributed by atoms with Crippen LogP contribution in [0.1, 0.15) is 24.0 Å². The number of aromatic nitrogens is 1. The number of hydrogen-bond donors (Lipinski definition) is 1. The highest BCUT2D eigenvalue weighted by Crippen LogP contribution is 2.25. The average Bonchev–Trinajstić information content (AvgIpc) is 2.38. The van der Waals surface area contributed by atoms with Crippen molar-refractivity contribution in [2.24, 2.45) is 11.7 Å². The van der Waals surface area contributed by atoms with Gasteiger partial charge in [0.25, 0.3) is 0 Å². The molecule has 0 amide bonds. The van der Waals surface area contributed by atoms with Gasteiger partial charge in [-0.3, -0.25) is 0 Å². The van der Waals surface area contributed by atoms with Gasteiger partial charge < -0.3 is 10.6 Å². The van der Waals surface area contributed by atoms with Crippen molar-refractivity contribution in [3.63, 3.8) is 0 Å². The van der Waals surface area contributed by atoms with E-state index >= 15 is 0 Å². The molecule has 4 heteroatoms. The largest absolute Gasteiger partial charge is 0.355 e. The second-order valence-corrected chi connectivity index (χ2v) is 4.63. The Bertz CT molecular complexity index is 436. The van der Waals surface area contributed by atoms with Crippen molar-refractivity contribution in [2.75, 3.05) is 24.5 Å². The van der Waals surface area contributed by atoms with E-state index in [2.05, 4.69) is 16.0 Å². The first-order valence-electron chi connectivity index (χ1n) is 6.07. The monoisotopic (exact) mass is 230 g/mol. The van der Waals surface area contributed by atoms with Gasteiger partial charge in [0.15, 0.2) is 0 Å². The highest BCUT2D eigenvalue weighted by Gasteiger charge is 2.22. The van der Waals surface area contributed by atoms with E-state index < -0.39 is 0 Å². The predicted molar refractivity (Wildman–Crippen MR) is 67.7 cm³/mol. The Morgan fingerprint density at radius 1 is 1.65 bits per heavy atom. The fourth-order valence-corrected chi connectivity index (χ4v) is 2.37. The van der Waals surface area contributed by atoms with Crippen LogP contribution in [0.3, 0.4) is 0 Å². The first kappa shape index (κ1) is 11.9. The summed E-state index contributed by atoms with van der Waals surface area (Å²) in [5, 5.41) is 9.21. The second-order valence-electron chi connectivity index (χ2n) is 4.63. The summed E-state index contributed by atoms with van der Waals surface area (Å²) in [6.45, 7) is 4.56. The summed E-state index contributed by atoms with van der Waals surface area (Å²) in [5.41, 5.74) is 7.42. The molecule has 1 unspecified atom stereocenters. The minimum Gasteiger partial charge on any atom is -0.355 e. The van der Waals surface area contributed by atoms with E-state index in [1.807, 2.05) is 13.0 Å². The Kier molecular flexibility index (Phi) is 3.60. The number of aryl methyl sites for hydroxylation is 1. The van der Waals surface area contributed by atoms with E-state index in [9.17, 15) is 5.26 Å². The van der Waals surface area contributed by atoms with Crippen molar-refractivity contribution in [2.45, 2.75) is 19.8 Å². The molecule has 1 saturated heterocycles. The van der Waals surface area contributed by atoms with Gasteiger partial charge in [0, 0.05) is 19.3 Å². The summed E-state index contributed by atoms with van der Waals surface area (Å²) < 4.78 is 0. The molecule has 1 aromatic heterocycles. The lowest BCUT2D eigenvalue weighted by molar-refractivity contribution is 0.421. The molecular formula is C13H18N4. The van der Waals surface area contributed by atoms with Crippen molar-refractivity contribution in [3.8, 4) is 6.07 Å². The third-order valence-corrected chi connectivity index (χ3v) is 3.40. The molecule has 90 valence electrons. The van der Waals surface area contributed by atoms with Crippen molar-refractivity contribution >= 4 is 5.82 Å². The van der Waals surface area contributed by atoms with Gasteiger partial charge in [0.1, 0.15) is 11.9 Å². The predicted octanol–water partition coefficient (Wildman–Crippen LogP) is 1.44. The summed E-state index contributed by atoms with van der Waals surface area (Å²) >= 11 is 0. The zero-order chi connectivity index (χ0) is 12.3. The lowest BCUT2D eigenvalue weighted by atomic mass is 9.97. The Hall–Kier alpha value is -1.60. The second kappa shape index (κ2) is 5.15. The van der Waals surface area contributed by atoms with Crippen molar-refractivity contribution in [1.29, 1.82) is 5.26 Å². The summed E-state index contributed by atoms with van der Waals surface area (Å²) in [4.78, 5) is 6.57. The molecule has 0 aromatic carbocycles. The molecule has 4 nitrogen and oxygen atoms in total. The van der Waals surface area contributed by atoms with Crippen molar-refractivity contribution in [1.82, 2.24) is 4.98 Å². The molecule has 0 spiro atoms. The van der Waals surface area contributed by atoms with Gasteiger partial charge in [-0.1, -0.05) is 0 Å². The molecule has 1 aliphatic heterocycles. The van der Waals surface area contributed by atoms with E-state index in [1.54, 1.807) is 6.20 Å². The maximum absolute atomic E-state index is 9.21. The number of pyridine rings is 1. The van der Waals surface area contributed by atoms with Gasteiger partial charge in [-0.15, -0.1) is 0 Å². The van der Waals surface area contributed by atoms with Crippen LogP contribution in [0, 0.1) is 24.2 Å². The Balaban J connectivity index is 2.28. The number of piperidine rings is 1. The molecule has 1 atom stereocenters. The normalized spacial score (nSPS) is 20.1. The van der Waals surface area contributed by atoms with Crippen LogP contribution < -0.4 is 10.6 Å². The highest BCUT2D eigenvalue weighted by molar-refractivity contribution is 5.57. The third-order valence-electron chi connectivity index (χ3n) is 3.40. The minimum absolute atomic E-state index is 0.526. The summed E-state index contributed by atoms with van der Waals surface area (Å²) in [5.74, 6) is 1.35. The van der Waals surface area contributed by atoms with E-state index in [-0.39, 0.29) is 0 Å². The molecule has 0 radical (unpaired) electrons. The number of nitriles is 1. The van der Waals surface area contributed by atoms with Crippen LogP contribution in [0.4, 0.5) is 5.82 Å². The SMILES string of the molecule is Cc1ccnc(N2CCCC(CN)C2)c1C#N.